The average molecular weight is 339 g/mol. The van der Waals surface area contributed by atoms with Crippen LogP contribution >= 0.6 is 0 Å². The molecule has 3 rings (SSSR count). The fourth-order valence-electron chi connectivity index (χ4n) is 3.11. The van der Waals surface area contributed by atoms with E-state index >= 15 is 0 Å². The number of hydrogen-bond acceptors (Lipinski definition) is 3. The maximum Gasteiger partial charge on any atom is 0.260 e. The number of carbonyl (C=O) groups is 1. The highest BCUT2D eigenvalue weighted by molar-refractivity contribution is 5.78. The van der Waals surface area contributed by atoms with Crippen LogP contribution in [0.2, 0.25) is 0 Å². The van der Waals surface area contributed by atoms with E-state index in [1.54, 1.807) is 0 Å². The molecule has 4 heteroatoms. The average Bonchev–Trinajstić information content (AvgIpc) is 2.61. The lowest BCUT2D eigenvalue weighted by molar-refractivity contribution is -0.146. The summed E-state index contributed by atoms with van der Waals surface area (Å²) in [4.78, 5) is 14.4. The molecule has 0 radical (unpaired) electrons. The summed E-state index contributed by atoms with van der Waals surface area (Å²) < 4.78 is 11.6. The van der Waals surface area contributed by atoms with Crippen LogP contribution in [0.15, 0.2) is 54.6 Å². The quantitative estimate of drug-likeness (QED) is 0.839. The van der Waals surface area contributed by atoms with E-state index in [2.05, 4.69) is 12.1 Å². The van der Waals surface area contributed by atoms with Gasteiger partial charge in [0.2, 0.25) is 0 Å². The molecule has 0 bridgehead atoms. The molecule has 1 amide bonds. The predicted molar refractivity (Wildman–Crippen MR) is 97.7 cm³/mol. The van der Waals surface area contributed by atoms with Gasteiger partial charge in [0.25, 0.3) is 5.91 Å². The maximum absolute atomic E-state index is 12.5. The second kappa shape index (κ2) is 8.17. The van der Waals surface area contributed by atoms with Gasteiger partial charge in [0.05, 0.1) is 12.2 Å². The zero-order valence-electron chi connectivity index (χ0n) is 14.9. The van der Waals surface area contributed by atoms with E-state index in [9.17, 15) is 4.79 Å². The smallest absolute Gasteiger partial charge is 0.260 e. The number of aryl methyl sites for hydroxylation is 1. The first kappa shape index (κ1) is 17.5. The first-order valence-electron chi connectivity index (χ1n) is 8.77. The molecule has 1 saturated heterocycles. The highest BCUT2D eigenvalue weighted by atomic mass is 16.5. The van der Waals surface area contributed by atoms with Crippen LogP contribution in [0.5, 0.6) is 5.75 Å². The number of rotatable bonds is 5. The third-order valence-corrected chi connectivity index (χ3v) is 4.37. The molecule has 2 atom stereocenters. The van der Waals surface area contributed by atoms with Crippen molar-refractivity contribution in [2.45, 2.75) is 32.5 Å². The minimum absolute atomic E-state index is 0.00814. The van der Waals surface area contributed by atoms with E-state index in [1.165, 1.54) is 11.1 Å². The summed E-state index contributed by atoms with van der Waals surface area (Å²) in [6.45, 7) is 5.32. The Labute approximate surface area is 149 Å². The number of benzene rings is 2. The van der Waals surface area contributed by atoms with Crippen LogP contribution in [-0.4, -0.2) is 42.7 Å². The van der Waals surface area contributed by atoms with E-state index < -0.39 is 0 Å². The van der Waals surface area contributed by atoms with Gasteiger partial charge in [-0.2, -0.15) is 0 Å². The van der Waals surface area contributed by atoms with Gasteiger partial charge in [0, 0.05) is 19.5 Å². The fraction of sp³-hybridized carbons (Fsp3) is 0.381. The molecule has 1 fully saturated rings. The van der Waals surface area contributed by atoms with Crippen molar-refractivity contribution in [2.24, 2.45) is 0 Å². The normalized spacial score (nSPS) is 20.3. The van der Waals surface area contributed by atoms with E-state index in [0.717, 1.165) is 12.2 Å². The topological polar surface area (TPSA) is 38.8 Å². The summed E-state index contributed by atoms with van der Waals surface area (Å²) in [7, 11) is 0. The van der Waals surface area contributed by atoms with Gasteiger partial charge in [-0.1, -0.05) is 48.0 Å². The Morgan fingerprint density at radius 1 is 1.12 bits per heavy atom. The van der Waals surface area contributed by atoms with Gasteiger partial charge < -0.3 is 14.4 Å². The molecule has 132 valence electrons. The van der Waals surface area contributed by atoms with Gasteiger partial charge in [-0.15, -0.1) is 0 Å². The summed E-state index contributed by atoms with van der Waals surface area (Å²) in [6, 6.07) is 18.0. The highest BCUT2D eigenvalue weighted by Gasteiger charge is 2.28. The minimum Gasteiger partial charge on any atom is -0.484 e. The van der Waals surface area contributed by atoms with Crippen LogP contribution in [0.1, 0.15) is 18.1 Å². The zero-order chi connectivity index (χ0) is 17.6. The molecule has 0 N–H and O–H groups in total. The molecule has 1 heterocycles. The van der Waals surface area contributed by atoms with E-state index in [0.29, 0.717) is 13.1 Å². The summed E-state index contributed by atoms with van der Waals surface area (Å²) in [6.07, 6.45) is 0.869. The Balaban J connectivity index is 1.55. The summed E-state index contributed by atoms with van der Waals surface area (Å²) in [5.74, 6) is 0.731. The SMILES string of the molecule is Cc1ccc(OCC(=O)N2CC(C)OC(Cc3ccccc3)C2)cc1. The lowest BCUT2D eigenvalue weighted by Gasteiger charge is -2.37. The lowest BCUT2D eigenvalue weighted by Crippen LogP contribution is -2.51. The fourth-order valence-corrected chi connectivity index (χ4v) is 3.11. The van der Waals surface area contributed by atoms with Crippen molar-refractivity contribution in [3.8, 4) is 5.75 Å². The predicted octanol–water partition coefficient (Wildman–Crippen LogP) is 3.23. The Bertz CT molecular complexity index is 684. The Hall–Kier alpha value is -2.33. The first-order valence-corrected chi connectivity index (χ1v) is 8.77. The van der Waals surface area contributed by atoms with Crippen molar-refractivity contribution in [3.05, 3.63) is 65.7 Å². The van der Waals surface area contributed by atoms with Crippen molar-refractivity contribution in [1.82, 2.24) is 4.90 Å². The molecule has 0 saturated carbocycles. The van der Waals surface area contributed by atoms with Crippen LogP contribution in [0.3, 0.4) is 0 Å². The van der Waals surface area contributed by atoms with Gasteiger partial charge in [-0.05, 0) is 31.5 Å². The molecule has 0 aromatic heterocycles. The van der Waals surface area contributed by atoms with Crippen LogP contribution in [0.4, 0.5) is 0 Å². The second-order valence-electron chi connectivity index (χ2n) is 6.66. The summed E-state index contributed by atoms with van der Waals surface area (Å²) >= 11 is 0. The third-order valence-electron chi connectivity index (χ3n) is 4.37. The number of morpholine rings is 1. The first-order chi connectivity index (χ1) is 12.1. The van der Waals surface area contributed by atoms with Crippen molar-refractivity contribution < 1.29 is 14.3 Å². The minimum atomic E-state index is 0.00814. The van der Waals surface area contributed by atoms with Gasteiger partial charge in [0.1, 0.15) is 5.75 Å². The molecule has 1 aliphatic heterocycles. The van der Waals surface area contributed by atoms with Crippen molar-refractivity contribution in [3.63, 3.8) is 0 Å². The number of nitrogens with zero attached hydrogens (tertiary/aromatic N) is 1. The second-order valence-corrected chi connectivity index (χ2v) is 6.66. The van der Waals surface area contributed by atoms with Crippen LogP contribution < -0.4 is 4.74 Å². The molecule has 2 aromatic rings. The molecule has 4 nitrogen and oxygen atoms in total. The van der Waals surface area contributed by atoms with Gasteiger partial charge in [-0.3, -0.25) is 4.79 Å². The number of ether oxygens (including phenoxy) is 2. The zero-order valence-corrected chi connectivity index (χ0v) is 14.9. The van der Waals surface area contributed by atoms with Crippen LogP contribution in [0, 0.1) is 6.92 Å². The molecule has 2 aromatic carbocycles. The van der Waals surface area contributed by atoms with Gasteiger partial charge >= 0.3 is 0 Å². The van der Waals surface area contributed by atoms with E-state index in [4.69, 9.17) is 9.47 Å². The van der Waals surface area contributed by atoms with Crippen LogP contribution in [-0.2, 0) is 16.0 Å². The Morgan fingerprint density at radius 3 is 2.56 bits per heavy atom. The third kappa shape index (κ3) is 5.07. The largest absolute Gasteiger partial charge is 0.484 e. The van der Waals surface area contributed by atoms with Gasteiger partial charge in [0.15, 0.2) is 6.61 Å². The Kier molecular flexibility index (Phi) is 5.71. The van der Waals surface area contributed by atoms with Crippen molar-refractivity contribution in [1.29, 1.82) is 0 Å². The van der Waals surface area contributed by atoms with E-state index in [1.807, 2.05) is 61.2 Å². The van der Waals surface area contributed by atoms with Crippen molar-refractivity contribution in [2.75, 3.05) is 19.7 Å². The molecular weight excluding hydrogens is 314 g/mol. The Morgan fingerprint density at radius 2 is 1.84 bits per heavy atom. The lowest BCUT2D eigenvalue weighted by atomic mass is 10.1. The molecule has 0 spiro atoms. The van der Waals surface area contributed by atoms with Gasteiger partial charge in [-0.25, -0.2) is 0 Å². The number of carbonyl (C=O) groups excluding carboxylic acids is 1. The highest BCUT2D eigenvalue weighted by Crippen LogP contribution is 2.17. The summed E-state index contributed by atoms with van der Waals surface area (Å²) in [5.41, 5.74) is 2.40. The molecule has 1 aliphatic rings. The monoisotopic (exact) mass is 339 g/mol. The molecule has 25 heavy (non-hydrogen) atoms. The summed E-state index contributed by atoms with van der Waals surface area (Å²) in [5, 5.41) is 0. The molecular formula is C21H25NO3. The number of hydrogen-bond donors (Lipinski definition) is 0. The maximum atomic E-state index is 12.5. The molecule has 2 unspecified atom stereocenters. The number of amides is 1. The standard InChI is InChI=1S/C21H25NO3/c1-16-8-10-19(11-9-16)24-15-21(23)22-13-17(2)25-20(14-22)12-18-6-4-3-5-7-18/h3-11,17,20H,12-15H2,1-2H3. The molecule has 0 aliphatic carbocycles. The van der Waals surface area contributed by atoms with Crippen molar-refractivity contribution >= 4 is 5.91 Å². The van der Waals surface area contributed by atoms with E-state index in [-0.39, 0.29) is 24.7 Å². The van der Waals surface area contributed by atoms with Crippen LogP contribution in [0.25, 0.3) is 0 Å².